The maximum absolute atomic E-state index is 12.6. The largest absolute Gasteiger partial charge is 0.507 e. The molecule has 1 aromatic carbocycles. The van der Waals surface area contributed by atoms with Crippen LogP contribution in [0.2, 0.25) is 0 Å². The van der Waals surface area contributed by atoms with Gasteiger partial charge in [-0.3, -0.25) is 4.79 Å². The Bertz CT molecular complexity index is 720. The Morgan fingerprint density at radius 2 is 1.62 bits per heavy atom. The van der Waals surface area contributed by atoms with Crippen LogP contribution in [0.3, 0.4) is 0 Å². The van der Waals surface area contributed by atoms with Crippen LogP contribution in [0.4, 0.5) is 0 Å². The predicted molar refractivity (Wildman–Crippen MR) is 109 cm³/mol. The zero-order valence-corrected chi connectivity index (χ0v) is 17.3. The highest BCUT2D eigenvalue weighted by Crippen LogP contribution is 2.40. The number of benzene rings is 1. The molecule has 3 heteroatoms. The molecule has 26 heavy (non-hydrogen) atoms. The fraction of sp³-hybridized carbons (Fsp3) is 0.522. The summed E-state index contributed by atoms with van der Waals surface area (Å²) in [5.41, 5.74) is 4.52. The molecule has 0 amide bonds. The van der Waals surface area contributed by atoms with Gasteiger partial charge in [-0.05, 0) is 46.4 Å². The van der Waals surface area contributed by atoms with E-state index in [1.165, 1.54) is 0 Å². The summed E-state index contributed by atoms with van der Waals surface area (Å²) < 4.78 is 0. The number of phenolic OH excluding ortho intramolecular Hbond substituents is 1. The fourth-order valence-electron chi connectivity index (χ4n) is 3.39. The van der Waals surface area contributed by atoms with E-state index in [1.807, 2.05) is 19.2 Å². The maximum Gasteiger partial charge on any atom is 0.161 e. The lowest BCUT2D eigenvalue weighted by Gasteiger charge is -2.28. The molecule has 1 aliphatic carbocycles. The number of likely N-dealkylation sites (N-methyl/N-ethyl adjacent to an activating group) is 1. The first-order valence-corrected chi connectivity index (χ1v) is 9.42. The molecule has 0 aliphatic heterocycles. The molecule has 0 aromatic heterocycles. The smallest absolute Gasteiger partial charge is 0.161 e. The molecule has 3 nitrogen and oxygen atoms in total. The number of nitrogens with one attached hydrogen (secondary N) is 1. The van der Waals surface area contributed by atoms with Crippen molar-refractivity contribution in [2.24, 2.45) is 0 Å². The second kappa shape index (κ2) is 7.30. The van der Waals surface area contributed by atoms with Crippen molar-refractivity contribution in [1.29, 1.82) is 0 Å². The van der Waals surface area contributed by atoms with Gasteiger partial charge in [-0.1, -0.05) is 59.8 Å². The van der Waals surface area contributed by atoms with Gasteiger partial charge in [0.2, 0.25) is 0 Å². The van der Waals surface area contributed by atoms with E-state index in [1.54, 1.807) is 0 Å². The number of hydrogen-bond donors (Lipinski definition) is 2. The standard InChI is InChI=1S/C23H33NO2/c1-22(2,3)17-13-15(14-18(21(17)26)23(4,5)6)11-12-20(25)16-9-8-10-19(16)24-7/h8,10,13-14,24,26H,9,11-12H2,1-7H3. The Kier molecular flexibility index (Phi) is 5.70. The molecule has 1 aliphatic rings. The van der Waals surface area contributed by atoms with E-state index >= 15 is 0 Å². The summed E-state index contributed by atoms with van der Waals surface area (Å²) in [6.45, 7) is 12.7. The van der Waals surface area contributed by atoms with E-state index in [0.29, 0.717) is 25.0 Å². The van der Waals surface area contributed by atoms with Crippen molar-refractivity contribution in [3.05, 3.63) is 52.2 Å². The molecule has 0 saturated heterocycles. The molecule has 1 aromatic rings. The predicted octanol–water partition coefficient (Wildman–Crippen LogP) is 4.92. The summed E-state index contributed by atoms with van der Waals surface area (Å²) in [5.74, 6) is 0.585. The van der Waals surface area contributed by atoms with E-state index in [0.717, 1.165) is 28.0 Å². The van der Waals surface area contributed by atoms with Crippen LogP contribution in [0.25, 0.3) is 0 Å². The topological polar surface area (TPSA) is 49.3 Å². The second-order valence-electron chi connectivity index (χ2n) is 9.21. The van der Waals surface area contributed by atoms with Crippen LogP contribution in [0.15, 0.2) is 35.6 Å². The molecule has 0 heterocycles. The minimum absolute atomic E-state index is 0.151. The van der Waals surface area contributed by atoms with Crippen molar-refractivity contribution < 1.29 is 9.90 Å². The first kappa shape index (κ1) is 20.3. The lowest BCUT2D eigenvalue weighted by molar-refractivity contribution is -0.115. The van der Waals surface area contributed by atoms with Crippen LogP contribution < -0.4 is 5.32 Å². The third-order valence-electron chi connectivity index (χ3n) is 4.96. The molecule has 0 radical (unpaired) electrons. The van der Waals surface area contributed by atoms with Crippen molar-refractivity contribution in [1.82, 2.24) is 5.32 Å². The number of aryl methyl sites for hydroxylation is 1. The summed E-state index contributed by atoms with van der Waals surface area (Å²) in [5, 5.41) is 13.9. The fourth-order valence-corrected chi connectivity index (χ4v) is 3.39. The summed E-state index contributed by atoms with van der Waals surface area (Å²) in [7, 11) is 1.85. The van der Waals surface area contributed by atoms with Gasteiger partial charge in [0, 0.05) is 24.7 Å². The molecule has 0 unspecified atom stereocenters. The minimum Gasteiger partial charge on any atom is -0.507 e. The third-order valence-corrected chi connectivity index (χ3v) is 4.96. The SMILES string of the molecule is CNC1=C(C(=O)CCc2cc(C(C)(C)C)c(O)c(C(C)(C)C)c2)CC=C1. The van der Waals surface area contributed by atoms with Gasteiger partial charge in [0.1, 0.15) is 5.75 Å². The summed E-state index contributed by atoms with van der Waals surface area (Å²) in [4.78, 5) is 12.6. The first-order chi connectivity index (χ1) is 11.9. The lowest BCUT2D eigenvalue weighted by atomic mass is 9.78. The molecule has 0 bridgehead atoms. The van der Waals surface area contributed by atoms with E-state index in [2.05, 4.69) is 59.0 Å². The van der Waals surface area contributed by atoms with Crippen molar-refractivity contribution in [3.8, 4) is 5.75 Å². The van der Waals surface area contributed by atoms with Crippen LogP contribution >= 0.6 is 0 Å². The molecule has 0 spiro atoms. The monoisotopic (exact) mass is 355 g/mol. The molecular weight excluding hydrogens is 322 g/mol. The highest BCUT2D eigenvalue weighted by Gasteiger charge is 2.26. The summed E-state index contributed by atoms with van der Waals surface area (Å²) in [6, 6.07) is 4.14. The Balaban J connectivity index is 2.31. The van der Waals surface area contributed by atoms with Gasteiger partial charge in [-0.25, -0.2) is 0 Å². The Morgan fingerprint density at radius 1 is 1.08 bits per heavy atom. The maximum atomic E-state index is 12.6. The third kappa shape index (κ3) is 4.38. The number of carbonyl (C=O) groups is 1. The zero-order chi connectivity index (χ0) is 19.7. The average molecular weight is 356 g/mol. The van der Waals surface area contributed by atoms with E-state index < -0.39 is 0 Å². The van der Waals surface area contributed by atoms with Crippen LogP contribution in [0, 0.1) is 0 Å². The van der Waals surface area contributed by atoms with Crippen LogP contribution in [0.1, 0.15) is 71.1 Å². The van der Waals surface area contributed by atoms with E-state index in [9.17, 15) is 9.90 Å². The number of phenols is 1. The molecular formula is C23H33NO2. The first-order valence-electron chi connectivity index (χ1n) is 9.42. The van der Waals surface area contributed by atoms with Gasteiger partial charge in [-0.2, -0.15) is 0 Å². The highest BCUT2D eigenvalue weighted by molar-refractivity contribution is 5.97. The minimum atomic E-state index is -0.151. The summed E-state index contributed by atoms with van der Waals surface area (Å²) in [6.07, 6.45) is 5.88. The van der Waals surface area contributed by atoms with Crippen molar-refractivity contribution in [3.63, 3.8) is 0 Å². The highest BCUT2D eigenvalue weighted by atomic mass is 16.3. The molecule has 142 valence electrons. The van der Waals surface area contributed by atoms with Crippen LogP contribution in [0.5, 0.6) is 5.75 Å². The molecule has 0 atom stereocenters. The zero-order valence-electron chi connectivity index (χ0n) is 17.3. The molecule has 2 N–H and O–H groups in total. The Morgan fingerprint density at radius 3 is 2.08 bits per heavy atom. The quantitative estimate of drug-likeness (QED) is 0.788. The second-order valence-corrected chi connectivity index (χ2v) is 9.21. The van der Waals surface area contributed by atoms with Crippen LogP contribution in [-0.2, 0) is 22.0 Å². The Labute approximate surface area is 158 Å². The van der Waals surface area contributed by atoms with Gasteiger partial charge in [0.25, 0.3) is 0 Å². The number of rotatable bonds is 5. The van der Waals surface area contributed by atoms with Crippen molar-refractivity contribution in [2.45, 2.75) is 71.6 Å². The van der Waals surface area contributed by atoms with Gasteiger partial charge in [0.15, 0.2) is 5.78 Å². The van der Waals surface area contributed by atoms with Crippen molar-refractivity contribution >= 4 is 5.78 Å². The van der Waals surface area contributed by atoms with Crippen molar-refractivity contribution in [2.75, 3.05) is 7.05 Å². The molecule has 0 saturated carbocycles. The van der Waals surface area contributed by atoms with E-state index in [-0.39, 0.29) is 16.6 Å². The number of allylic oxidation sites excluding steroid dienone is 3. The number of aromatic hydroxyl groups is 1. The number of carbonyl (C=O) groups excluding carboxylic acids is 1. The van der Waals surface area contributed by atoms with Gasteiger partial charge >= 0.3 is 0 Å². The Hall–Kier alpha value is -2.03. The van der Waals surface area contributed by atoms with Gasteiger partial charge in [0.05, 0.1) is 0 Å². The average Bonchev–Trinajstić information content (AvgIpc) is 2.99. The number of hydrogen-bond acceptors (Lipinski definition) is 3. The summed E-state index contributed by atoms with van der Waals surface area (Å²) >= 11 is 0. The van der Waals surface area contributed by atoms with E-state index in [4.69, 9.17) is 0 Å². The number of ketones is 1. The van der Waals surface area contributed by atoms with Crippen LogP contribution in [-0.4, -0.2) is 17.9 Å². The molecule has 0 fully saturated rings. The lowest BCUT2D eigenvalue weighted by Crippen LogP contribution is -2.18. The van der Waals surface area contributed by atoms with Gasteiger partial charge < -0.3 is 10.4 Å². The number of Topliss-reactive ketones (excluding diaryl/α,β-unsaturated/α-hetero) is 1. The molecule has 2 rings (SSSR count). The van der Waals surface area contributed by atoms with Gasteiger partial charge in [-0.15, -0.1) is 0 Å². The normalized spacial score (nSPS) is 14.9.